The first kappa shape index (κ1) is 26.5. The molecule has 2 N–H and O–H groups in total. The molecule has 8 nitrogen and oxygen atoms in total. The number of phenols is 1. The lowest BCUT2D eigenvalue weighted by Gasteiger charge is -2.37. The topological polar surface area (TPSA) is 94.8 Å². The lowest BCUT2D eigenvalue weighted by Crippen LogP contribution is -2.46. The molecule has 0 radical (unpaired) electrons. The molecule has 1 unspecified atom stereocenters. The molecule has 3 heterocycles. The molecule has 0 amide bonds. The number of ether oxygens (including phenoxy) is 1. The minimum atomic E-state index is -0.885. The van der Waals surface area contributed by atoms with Crippen LogP contribution in [0.4, 0.5) is 10.2 Å². The molecule has 0 bridgehead atoms. The number of hydrogen-bond acceptors (Lipinski definition) is 8. The Bertz CT molecular complexity index is 1420. The highest BCUT2D eigenvalue weighted by atomic mass is 35.5. The van der Waals surface area contributed by atoms with E-state index in [0.29, 0.717) is 47.9 Å². The molecule has 1 aromatic carbocycles. The number of nitrogens with zero attached hydrogens (tertiary/aromatic N) is 5. The normalized spacial score (nSPS) is 22.5. The fourth-order valence-electron chi connectivity index (χ4n) is 5.92. The molecule has 2 aliphatic carbocycles. The number of halogens is 2. The third-order valence-corrected chi connectivity index (χ3v) is 8.40. The predicted molar refractivity (Wildman–Crippen MR) is 149 cm³/mol. The summed E-state index contributed by atoms with van der Waals surface area (Å²) in [6, 6.07) is 3.13. The summed E-state index contributed by atoms with van der Waals surface area (Å²) in [7, 11) is 4.08. The fourth-order valence-corrected chi connectivity index (χ4v) is 6.28. The van der Waals surface area contributed by atoms with Crippen molar-refractivity contribution in [2.45, 2.75) is 57.0 Å². The molecule has 3 aliphatic rings. The van der Waals surface area contributed by atoms with Gasteiger partial charge in [-0.05, 0) is 83.2 Å². The molecule has 208 valence electrons. The minimum absolute atomic E-state index is 0.0423. The van der Waals surface area contributed by atoms with Gasteiger partial charge in [-0.25, -0.2) is 4.39 Å². The molecule has 2 saturated carbocycles. The molecule has 6 rings (SSSR count). The number of aliphatic hydroxyl groups is 1. The quantitative estimate of drug-likeness (QED) is 0.394. The van der Waals surface area contributed by atoms with Gasteiger partial charge in [-0.2, -0.15) is 9.97 Å². The number of pyridine rings is 1. The summed E-state index contributed by atoms with van der Waals surface area (Å²) < 4.78 is 22.6. The smallest absolute Gasteiger partial charge is 0.319 e. The van der Waals surface area contributed by atoms with Gasteiger partial charge in [0.15, 0.2) is 5.82 Å². The van der Waals surface area contributed by atoms with Crippen LogP contribution in [-0.2, 0) is 0 Å². The molecule has 3 aromatic rings. The first-order chi connectivity index (χ1) is 18.5. The molecule has 1 aliphatic heterocycles. The van der Waals surface area contributed by atoms with Gasteiger partial charge in [0.05, 0.1) is 17.6 Å². The van der Waals surface area contributed by atoms with Gasteiger partial charge in [-0.15, -0.1) is 0 Å². The van der Waals surface area contributed by atoms with Crippen molar-refractivity contribution >= 4 is 28.3 Å². The van der Waals surface area contributed by atoms with Crippen molar-refractivity contribution in [3.8, 4) is 23.0 Å². The molecular weight excluding hydrogens is 521 g/mol. The largest absolute Gasteiger partial charge is 0.508 e. The Kier molecular flexibility index (Phi) is 6.59. The summed E-state index contributed by atoms with van der Waals surface area (Å²) >= 11 is 6.50. The van der Waals surface area contributed by atoms with Gasteiger partial charge in [0.2, 0.25) is 0 Å². The number of fused-ring (bicyclic) bond motifs is 1. The number of piperidine rings is 1. The molecule has 10 heteroatoms. The van der Waals surface area contributed by atoms with Crippen molar-refractivity contribution in [3.05, 3.63) is 34.7 Å². The van der Waals surface area contributed by atoms with Crippen LogP contribution in [-0.4, -0.2) is 76.0 Å². The first-order valence-corrected chi connectivity index (χ1v) is 14.1. The Balaban J connectivity index is 1.46. The zero-order valence-corrected chi connectivity index (χ0v) is 23.4. The van der Waals surface area contributed by atoms with Gasteiger partial charge in [-0.3, -0.25) is 4.98 Å². The number of anilines is 1. The van der Waals surface area contributed by atoms with Crippen LogP contribution in [0.5, 0.6) is 11.8 Å². The Labute approximate surface area is 232 Å². The number of aromatic hydroxyl groups is 1. The summed E-state index contributed by atoms with van der Waals surface area (Å²) in [5.41, 5.74) is 0.643. The number of β-amino-alcohol motifs (C(OH)–C–C–N with tert-alkyl or cyclic N) is 1. The third-order valence-electron chi connectivity index (χ3n) is 8.09. The van der Waals surface area contributed by atoms with E-state index < -0.39 is 11.4 Å². The Morgan fingerprint density at radius 1 is 1.21 bits per heavy atom. The van der Waals surface area contributed by atoms with Crippen LogP contribution in [0, 0.1) is 11.2 Å². The van der Waals surface area contributed by atoms with Crippen LogP contribution < -0.4 is 9.64 Å². The van der Waals surface area contributed by atoms with E-state index in [4.69, 9.17) is 21.3 Å². The molecule has 39 heavy (non-hydrogen) atoms. The van der Waals surface area contributed by atoms with Gasteiger partial charge in [0, 0.05) is 41.8 Å². The maximum absolute atomic E-state index is 16.4. The summed E-state index contributed by atoms with van der Waals surface area (Å²) in [5, 5.41) is 21.9. The minimum Gasteiger partial charge on any atom is -0.508 e. The Morgan fingerprint density at radius 2 is 1.97 bits per heavy atom. The highest BCUT2D eigenvalue weighted by molar-refractivity contribution is 6.32. The highest BCUT2D eigenvalue weighted by Gasteiger charge is 2.44. The van der Waals surface area contributed by atoms with Crippen LogP contribution in [0.25, 0.3) is 22.2 Å². The maximum Gasteiger partial charge on any atom is 0.319 e. The van der Waals surface area contributed by atoms with Crippen molar-refractivity contribution in [2.24, 2.45) is 5.41 Å². The summed E-state index contributed by atoms with van der Waals surface area (Å²) in [4.78, 5) is 17.9. The van der Waals surface area contributed by atoms with Crippen molar-refractivity contribution in [1.29, 1.82) is 0 Å². The average Bonchev–Trinajstić information content (AvgIpc) is 3.79. The van der Waals surface area contributed by atoms with E-state index in [-0.39, 0.29) is 34.3 Å². The number of benzene rings is 1. The summed E-state index contributed by atoms with van der Waals surface area (Å²) in [5.74, 6) is 0.0654. The summed E-state index contributed by atoms with van der Waals surface area (Å²) in [6.45, 7) is 4.18. The van der Waals surface area contributed by atoms with Crippen LogP contribution in [0.3, 0.4) is 0 Å². The lowest BCUT2D eigenvalue weighted by atomic mass is 9.95. The van der Waals surface area contributed by atoms with Gasteiger partial charge >= 0.3 is 6.01 Å². The van der Waals surface area contributed by atoms with Gasteiger partial charge in [0.25, 0.3) is 0 Å². The SMILES string of the molecule is CN(C)CC1(COc2nc(N3CCCC(C)(O)C3)c3cnc(-c4cc(O)cc(Cl)c4C4CC4)c(F)c3n2)CC1. The van der Waals surface area contributed by atoms with Crippen LogP contribution in [0.15, 0.2) is 18.3 Å². The standard InChI is InChI=1S/C29H35ClFN5O3/c1-28(38)7-4-10-36(14-28)26-20-13-32-24(19-11-18(37)12-21(30)22(19)17-5-6-17)23(31)25(20)33-27(34-26)39-16-29(8-9-29)15-35(2)3/h11-13,17,37-38H,4-10,14-16H2,1-3H3. The number of aromatic nitrogens is 3. The van der Waals surface area contributed by atoms with E-state index >= 15 is 4.39 Å². The van der Waals surface area contributed by atoms with E-state index in [1.165, 1.54) is 12.1 Å². The van der Waals surface area contributed by atoms with Gasteiger partial charge in [0.1, 0.15) is 22.8 Å². The second-order valence-corrected chi connectivity index (χ2v) is 12.6. The van der Waals surface area contributed by atoms with E-state index in [9.17, 15) is 10.2 Å². The van der Waals surface area contributed by atoms with E-state index in [1.807, 2.05) is 19.0 Å². The van der Waals surface area contributed by atoms with E-state index in [2.05, 4.69) is 14.9 Å². The van der Waals surface area contributed by atoms with Gasteiger partial charge < -0.3 is 24.7 Å². The van der Waals surface area contributed by atoms with Crippen LogP contribution in [0.1, 0.15) is 56.9 Å². The average molecular weight is 556 g/mol. The molecule has 0 spiro atoms. The second-order valence-electron chi connectivity index (χ2n) is 12.2. The predicted octanol–water partition coefficient (Wildman–Crippen LogP) is 5.14. The molecule has 3 fully saturated rings. The van der Waals surface area contributed by atoms with E-state index in [1.54, 1.807) is 13.1 Å². The molecule has 2 aromatic heterocycles. The fraction of sp³-hybridized carbons (Fsp3) is 0.552. The number of rotatable bonds is 8. The number of hydrogen-bond donors (Lipinski definition) is 2. The maximum atomic E-state index is 16.4. The third kappa shape index (κ3) is 5.36. The van der Waals surface area contributed by atoms with Crippen LogP contribution in [0.2, 0.25) is 5.02 Å². The van der Waals surface area contributed by atoms with Gasteiger partial charge in [-0.1, -0.05) is 11.6 Å². The highest BCUT2D eigenvalue weighted by Crippen LogP contribution is 2.49. The Morgan fingerprint density at radius 3 is 2.64 bits per heavy atom. The first-order valence-electron chi connectivity index (χ1n) is 13.7. The lowest BCUT2D eigenvalue weighted by molar-refractivity contribution is 0.0447. The molecule has 1 saturated heterocycles. The monoisotopic (exact) mass is 555 g/mol. The van der Waals surface area contributed by atoms with Crippen LogP contribution >= 0.6 is 11.6 Å². The second kappa shape index (κ2) is 9.71. The summed E-state index contributed by atoms with van der Waals surface area (Å²) in [6.07, 6.45) is 7.08. The van der Waals surface area contributed by atoms with E-state index in [0.717, 1.165) is 44.2 Å². The van der Waals surface area contributed by atoms with Crippen molar-refractivity contribution in [3.63, 3.8) is 0 Å². The number of phenolic OH excluding ortho intramolecular Hbond substituents is 1. The van der Waals surface area contributed by atoms with Crippen molar-refractivity contribution in [2.75, 3.05) is 45.2 Å². The molecular formula is C29H35ClFN5O3. The zero-order valence-electron chi connectivity index (χ0n) is 22.7. The van der Waals surface area contributed by atoms with Crippen molar-refractivity contribution in [1.82, 2.24) is 19.9 Å². The van der Waals surface area contributed by atoms with Crippen molar-refractivity contribution < 1.29 is 19.3 Å². The zero-order chi connectivity index (χ0) is 27.5. The Hall–Kier alpha value is -2.75. The molecule has 1 atom stereocenters.